The lowest BCUT2D eigenvalue weighted by atomic mass is 9.85. The number of guanidine groups is 1. The molecular formula is C20H24F3N7O2. The van der Waals surface area contributed by atoms with Crippen LogP contribution in [0.4, 0.5) is 13.2 Å². The number of halogens is 3. The number of nitrogens with one attached hydrogen (secondary N) is 1. The molecule has 1 fully saturated rings. The molecule has 1 atom stereocenters. The molecule has 1 saturated heterocycles. The van der Waals surface area contributed by atoms with Crippen LogP contribution < -0.4 is 17.2 Å². The maximum absolute atomic E-state index is 13.7. The van der Waals surface area contributed by atoms with Crippen LogP contribution in [0.5, 0.6) is 0 Å². The SMILES string of the molecule is NC(N)=NC(=O)c1ccc(C2CCN(C(=O)C(N)Cc3cnc[nH]3)CC2)c(C(F)(F)F)c1. The summed E-state index contributed by atoms with van der Waals surface area (Å²) in [6.45, 7) is 0.568. The number of imidazole rings is 1. The number of piperidine rings is 1. The lowest BCUT2D eigenvalue weighted by molar-refractivity contribution is -0.139. The number of aromatic amines is 1. The topological polar surface area (TPSA) is 156 Å². The van der Waals surface area contributed by atoms with Crippen molar-refractivity contribution < 1.29 is 22.8 Å². The van der Waals surface area contributed by atoms with E-state index in [2.05, 4.69) is 15.0 Å². The number of carbonyl (C=O) groups is 2. The van der Waals surface area contributed by atoms with Crippen LogP contribution in [0, 0.1) is 0 Å². The largest absolute Gasteiger partial charge is 0.416 e. The quantitative estimate of drug-likeness (QED) is 0.394. The average molecular weight is 451 g/mol. The third-order valence-electron chi connectivity index (χ3n) is 5.39. The van der Waals surface area contributed by atoms with Crippen molar-refractivity contribution in [3.8, 4) is 0 Å². The highest BCUT2D eigenvalue weighted by molar-refractivity contribution is 6.02. The molecule has 172 valence electrons. The smallest absolute Gasteiger partial charge is 0.370 e. The minimum absolute atomic E-state index is 0.0765. The molecule has 1 unspecified atom stereocenters. The second-order valence-corrected chi connectivity index (χ2v) is 7.63. The summed E-state index contributed by atoms with van der Waals surface area (Å²) in [6, 6.07) is 2.56. The van der Waals surface area contributed by atoms with Crippen molar-refractivity contribution in [2.45, 2.75) is 37.4 Å². The van der Waals surface area contributed by atoms with E-state index >= 15 is 0 Å². The highest BCUT2D eigenvalue weighted by Crippen LogP contribution is 2.39. The molecule has 2 amide bonds. The molecule has 7 N–H and O–H groups in total. The molecule has 12 heteroatoms. The van der Waals surface area contributed by atoms with Crippen LogP contribution in [0.25, 0.3) is 0 Å². The molecule has 1 aromatic carbocycles. The number of carbonyl (C=O) groups excluding carboxylic acids is 2. The number of hydrogen-bond acceptors (Lipinski definition) is 4. The number of hydrogen-bond donors (Lipinski definition) is 4. The minimum Gasteiger partial charge on any atom is -0.370 e. The Morgan fingerprint density at radius 1 is 1.25 bits per heavy atom. The Balaban J connectivity index is 1.72. The average Bonchev–Trinajstić information content (AvgIpc) is 3.25. The fourth-order valence-corrected chi connectivity index (χ4v) is 3.84. The highest BCUT2D eigenvalue weighted by atomic mass is 19.4. The number of amides is 2. The molecule has 2 heterocycles. The van der Waals surface area contributed by atoms with Crippen LogP contribution in [0.3, 0.4) is 0 Å². The van der Waals surface area contributed by atoms with E-state index in [-0.39, 0.29) is 30.1 Å². The van der Waals surface area contributed by atoms with Gasteiger partial charge >= 0.3 is 6.18 Å². The first-order chi connectivity index (χ1) is 15.1. The van der Waals surface area contributed by atoms with Gasteiger partial charge in [-0.25, -0.2) is 4.98 Å². The van der Waals surface area contributed by atoms with Crippen LogP contribution in [0.1, 0.15) is 45.9 Å². The number of rotatable bonds is 5. The van der Waals surface area contributed by atoms with E-state index < -0.39 is 35.6 Å². The van der Waals surface area contributed by atoms with Gasteiger partial charge in [0.15, 0.2) is 5.96 Å². The number of H-pyrrole nitrogens is 1. The van der Waals surface area contributed by atoms with E-state index in [0.717, 1.165) is 11.8 Å². The Labute approximate surface area is 181 Å². The fourth-order valence-electron chi connectivity index (χ4n) is 3.84. The van der Waals surface area contributed by atoms with Gasteiger partial charge in [-0.05, 0) is 36.5 Å². The van der Waals surface area contributed by atoms with Crippen LogP contribution in [0.2, 0.25) is 0 Å². The first-order valence-electron chi connectivity index (χ1n) is 9.93. The summed E-state index contributed by atoms with van der Waals surface area (Å²) in [5.74, 6) is -2.16. The summed E-state index contributed by atoms with van der Waals surface area (Å²) in [6.07, 6.45) is -0.614. The lowest BCUT2D eigenvalue weighted by Crippen LogP contribution is -2.47. The molecule has 1 aliphatic rings. The molecule has 0 spiro atoms. The normalized spacial score (nSPS) is 15.9. The van der Waals surface area contributed by atoms with E-state index in [9.17, 15) is 22.8 Å². The summed E-state index contributed by atoms with van der Waals surface area (Å²) in [4.78, 5) is 36.2. The fraction of sp³-hybridized carbons (Fsp3) is 0.400. The van der Waals surface area contributed by atoms with E-state index in [0.29, 0.717) is 19.3 Å². The predicted molar refractivity (Wildman–Crippen MR) is 110 cm³/mol. The number of aliphatic imine (C=N–C) groups is 1. The first-order valence-corrected chi connectivity index (χ1v) is 9.93. The van der Waals surface area contributed by atoms with Crippen molar-refractivity contribution in [1.82, 2.24) is 14.9 Å². The van der Waals surface area contributed by atoms with Crippen LogP contribution in [-0.2, 0) is 17.4 Å². The monoisotopic (exact) mass is 451 g/mol. The van der Waals surface area contributed by atoms with Gasteiger partial charge in [-0.1, -0.05) is 6.07 Å². The molecule has 3 rings (SSSR count). The summed E-state index contributed by atoms with van der Waals surface area (Å²) < 4.78 is 41.1. The highest BCUT2D eigenvalue weighted by Gasteiger charge is 2.37. The Bertz CT molecular complexity index is 993. The third kappa shape index (κ3) is 5.44. The Morgan fingerprint density at radius 3 is 2.50 bits per heavy atom. The summed E-state index contributed by atoms with van der Waals surface area (Å²) in [5, 5.41) is 0. The summed E-state index contributed by atoms with van der Waals surface area (Å²) in [7, 11) is 0. The Kier molecular flexibility index (Phi) is 6.82. The maximum Gasteiger partial charge on any atom is 0.416 e. The third-order valence-corrected chi connectivity index (χ3v) is 5.39. The van der Waals surface area contributed by atoms with Crippen molar-refractivity contribution in [2.24, 2.45) is 22.2 Å². The van der Waals surface area contributed by atoms with Crippen molar-refractivity contribution in [1.29, 1.82) is 0 Å². The molecule has 0 radical (unpaired) electrons. The maximum atomic E-state index is 13.7. The van der Waals surface area contributed by atoms with Gasteiger partial charge in [0.2, 0.25) is 5.91 Å². The second kappa shape index (κ2) is 9.39. The van der Waals surface area contributed by atoms with Crippen molar-refractivity contribution in [2.75, 3.05) is 13.1 Å². The number of likely N-dealkylation sites (tertiary alicyclic amines) is 1. The lowest BCUT2D eigenvalue weighted by Gasteiger charge is -2.34. The predicted octanol–water partition coefficient (Wildman–Crippen LogP) is 1.12. The number of nitrogens with zero attached hydrogens (tertiary/aromatic N) is 3. The zero-order valence-corrected chi connectivity index (χ0v) is 17.1. The number of nitrogens with two attached hydrogens (primary N) is 3. The summed E-state index contributed by atoms with van der Waals surface area (Å²) >= 11 is 0. The second-order valence-electron chi connectivity index (χ2n) is 7.63. The van der Waals surface area contributed by atoms with E-state index in [4.69, 9.17) is 17.2 Å². The Hall–Kier alpha value is -3.41. The minimum atomic E-state index is -4.66. The molecule has 2 aromatic rings. The van der Waals surface area contributed by atoms with E-state index in [1.54, 1.807) is 11.1 Å². The molecule has 0 saturated carbocycles. The van der Waals surface area contributed by atoms with Gasteiger partial charge in [0, 0.05) is 37.0 Å². The molecular weight excluding hydrogens is 427 g/mol. The zero-order valence-electron chi connectivity index (χ0n) is 17.1. The van der Waals surface area contributed by atoms with Crippen LogP contribution in [0.15, 0.2) is 35.7 Å². The van der Waals surface area contributed by atoms with Gasteiger partial charge in [-0.15, -0.1) is 0 Å². The van der Waals surface area contributed by atoms with Crippen molar-refractivity contribution >= 4 is 17.8 Å². The van der Waals surface area contributed by atoms with Gasteiger partial charge in [-0.2, -0.15) is 18.2 Å². The molecule has 9 nitrogen and oxygen atoms in total. The van der Waals surface area contributed by atoms with Crippen LogP contribution in [-0.4, -0.2) is 51.8 Å². The van der Waals surface area contributed by atoms with Crippen molar-refractivity contribution in [3.05, 3.63) is 53.1 Å². The molecule has 0 bridgehead atoms. The van der Waals surface area contributed by atoms with Crippen LogP contribution >= 0.6 is 0 Å². The Morgan fingerprint density at radius 2 is 1.94 bits per heavy atom. The summed E-state index contributed by atoms with van der Waals surface area (Å²) in [5.41, 5.74) is 15.9. The van der Waals surface area contributed by atoms with Gasteiger partial charge in [0.05, 0.1) is 17.9 Å². The zero-order chi connectivity index (χ0) is 23.5. The standard InChI is InChI=1S/C20H24F3N7O2/c21-20(22,23)15-7-12(17(31)29-19(25)26)1-2-14(15)11-3-5-30(6-4-11)18(32)16(24)8-13-9-27-10-28-13/h1-2,7,9-11,16H,3-6,8,24H2,(H,27,28)(H4,25,26,29,31). The van der Waals surface area contributed by atoms with Crippen molar-refractivity contribution in [3.63, 3.8) is 0 Å². The number of aromatic nitrogens is 2. The molecule has 32 heavy (non-hydrogen) atoms. The first kappa shape index (κ1) is 23.3. The molecule has 1 aromatic heterocycles. The van der Waals surface area contributed by atoms with E-state index in [1.165, 1.54) is 18.5 Å². The van der Waals surface area contributed by atoms with Gasteiger partial charge < -0.3 is 27.1 Å². The van der Waals surface area contributed by atoms with E-state index in [1.807, 2.05) is 0 Å². The number of benzene rings is 1. The van der Waals surface area contributed by atoms with Gasteiger partial charge in [0.25, 0.3) is 5.91 Å². The molecule has 0 aliphatic carbocycles. The number of alkyl halides is 3. The van der Waals surface area contributed by atoms with Gasteiger partial charge in [0.1, 0.15) is 0 Å². The molecule has 1 aliphatic heterocycles. The van der Waals surface area contributed by atoms with Gasteiger partial charge in [-0.3, -0.25) is 9.59 Å².